The number of rotatable bonds is 4. The summed E-state index contributed by atoms with van der Waals surface area (Å²) in [5.74, 6) is 0. The molecule has 0 aromatic rings. The third-order valence-corrected chi connectivity index (χ3v) is 2.56. The minimum absolute atomic E-state index is 0.132. The molecule has 1 fully saturated rings. The topological polar surface area (TPSA) is 44.8 Å². The van der Waals surface area contributed by atoms with Gasteiger partial charge in [0, 0.05) is 53.5 Å². The zero-order valence-electron chi connectivity index (χ0n) is 9.66. The van der Waals surface area contributed by atoms with E-state index in [0.717, 1.165) is 39.1 Å². The molecule has 0 bridgehead atoms. The van der Waals surface area contributed by atoms with Gasteiger partial charge in [0.2, 0.25) is 0 Å². The van der Waals surface area contributed by atoms with Gasteiger partial charge in [-0.3, -0.25) is 0 Å². The van der Waals surface area contributed by atoms with Crippen LogP contribution in [0.1, 0.15) is 6.42 Å². The molecule has 0 atom stereocenters. The number of carbonyl (C=O) groups excluding carboxylic acids is 1. The van der Waals surface area contributed by atoms with Crippen LogP contribution in [0.5, 0.6) is 0 Å². The predicted octanol–water partition coefficient (Wildman–Crippen LogP) is -0.0201. The first-order valence-electron chi connectivity index (χ1n) is 5.45. The van der Waals surface area contributed by atoms with E-state index in [9.17, 15) is 4.79 Å². The number of methoxy groups -OCH3 is 1. The van der Waals surface area contributed by atoms with Gasteiger partial charge in [-0.05, 0) is 6.42 Å². The zero-order valence-corrected chi connectivity index (χ0v) is 9.66. The number of amides is 2. The Bertz CT molecular complexity index is 193. The largest absolute Gasteiger partial charge is 0.385 e. The Labute approximate surface area is 91.4 Å². The fourth-order valence-electron chi connectivity index (χ4n) is 1.64. The van der Waals surface area contributed by atoms with Gasteiger partial charge in [0.05, 0.1) is 0 Å². The van der Waals surface area contributed by atoms with Crippen molar-refractivity contribution in [1.29, 1.82) is 0 Å². The second-order valence-corrected chi connectivity index (χ2v) is 3.79. The van der Waals surface area contributed by atoms with Gasteiger partial charge in [-0.25, -0.2) is 4.79 Å². The molecule has 1 heterocycles. The fraction of sp³-hybridized carbons (Fsp3) is 0.900. The van der Waals surface area contributed by atoms with Crippen molar-refractivity contribution >= 4 is 6.03 Å². The molecule has 2 amide bonds. The molecule has 0 aromatic heterocycles. The lowest BCUT2D eigenvalue weighted by Gasteiger charge is -2.31. The number of hydrogen-bond donors (Lipinski definition) is 1. The van der Waals surface area contributed by atoms with Crippen molar-refractivity contribution in [3.8, 4) is 0 Å². The smallest absolute Gasteiger partial charge is 0.319 e. The molecule has 5 heteroatoms. The molecular weight excluding hydrogens is 194 g/mol. The zero-order chi connectivity index (χ0) is 11.1. The highest BCUT2D eigenvalue weighted by molar-refractivity contribution is 5.74. The number of carbonyl (C=O) groups is 1. The van der Waals surface area contributed by atoms with E-state index in [1.807, 2.05) is 11.9 Å². The fourth-order valence-corrected chi connectivity index (χ4v) is 1.64. The summed E-state index contributed by atoms with van der Waals surface area (Å²) in [5.41, 5.74) is 0. The average molecular weight is 215 g/mol. The first-order valence-corrected chi connectivity index (χ1v) is 5.45. The quantitative estimate of drug-likeness (QED) is 0.670. The summed E-state index contributed by atoms with van der Waals surface area (Å²) in [4.78, 5) is 15.5. The lowest BCUT2D eigenvalue weighted by molar-refractivity contribution is 0.145. The summed E-state index contributed by atoms with van der Waals surface area (Å²) in [5, 5.41) is 3.23. The van der Waals surface area contributed by atoms with Gasteiger partial charge >= 0.3 is 6.03 Å². The van der Waals surface area contributed by atoms with E-state index in [1.165, 1.54) is 0 Å². The molecule has 1 aliphatic heterocycles. The Kier molecular flexibility index (Phi) is 5.42. The number of nitrogens with zero attached hydrogens (tertiary/aromatic N) is 2. The number of hydrogen-bond acceptors (Lipinski definition) is 3. The Balaban J connectivity index is 2.24. The van der Waals surface area contributed by atoms with E-state index in [4.69, 9.17) is 4.74 Å². The summed E-state index contributed by atoms with van der Waals surface area (Å²) >= 11 is 0. The van der Waals surface area contributed by atoms with Crippen LogP contribution in [-0.4, -0.2) is 69.3 Å². The molecule has 0 unspecified atom stereocenters. The van der Waals surface area contributed by atoms with Gasteiger partial charge in [0.25, 0.3) is 0 Å². The molecule has 0 saturated carbocycles. The molecule has 1 aliphatic rings. The van der Waals surface area contributed by atoms with Crippen LogP contribution in [0.4, 0.5) is 4.79 Å². The summed E-state index contributed by atoms with van der Waals surface area (Å²) < 4.78 is 4.96. The van der Waals surface area contributed by atoms with Crippen LogP contribution in [0.25, 0.3) is 0 Å². The summed E-state index contributed by atoms with van der Waals surface area (Å²) in [6.07, 6.45) is 0.894. The molecule has 0 spiro atoms. The standard InChI is InChI=1S/C10H21N3O2/c1-12(6-3-9-15-2)10(14)13-7-4-11-5-8-13/h11H,3-9H2,1-2H3. The molecule has 1 N–H and O–H groups in total. The molecule has 0 aromatic carbocycles. The monoisotopic (exact) mass is 215 g/mol. The maximum Gasteiger partial charge on any atom is 0.319 e. The Morgan fingerprint density at radius 3 is 2.73 bits per heavy atom. The van der Waals surface area contributed by atoms with Crippen LogP contribution in [0.15, 0.2) is 0 Å². The summed E-state index contributed by atoms with van der Waals surface area (Å²) in [6.45, 7) is 4.89. The molecule has 88 valence electrons. The van der Waals surface area contributed by atoms with Crippen molar-refractivity contribution in [2.45, 2.75) is 6.42 Å². The maximum atomic E-state index is 11.9. The normalized spacial score (nSPS) is 16.5. The number of ether oxygens (including phenoxy) is 1. The molecule has 1 saturated heterocycles. The van der Waals surface area contributed by atoms with Crippen LogP contribution in [-0.2, 0) is 4.74 Å². The van der Waals surface area contributed by atoms with E-state index in [0.29, 0.717) is 6.61 Å². The highest BCUT2D eigenvalue weighted by Crippen LogP contribution is 1.99. The minimum atomic E-state index is 0.132. The number of piperazine rings is 1. The lowest BCUT2D eigenvalue weighted by Crippen LogP contribution is -2.50. The van der Waals surface area contributed by atoms with E-state index < -0.39 is 0 Å². The third kappa shape index (κ3) is 4.05. The van der Waals surface area contributed by atoms with Crippen molar-refractivity contribution < 1.29 is 9.53 Å². The van der Waals surface area contributed by atoms with Gasteiger partial charge in [-0.15, -0.1) is 0 Å². The molecule has 0 aliphatic carbocycles. The highest BCUT2D eigenvalue weighted by atomic mass is 16.5. The molecular formula is C10H21N3O2. The van der Waals surface area contributed by atoms with Crippen molar-refractivity contribution in [2.75, 3.05) is 53.5 Å². The summed E-state index contributed by atoms with van der Waals surface area (Å²) in [6, 6.07) is 0.132. The Morgan fingerprint density at radius 2 is 2.13 bits per heavy atom. The van der Waals surface area contributed by atoms with Crippen molar-refractivity contribution in [1.82, 2.24) is 15.1 Å². The van der Waals surface area contributed by atoms with Crippen molar-refractivity contribution in [3.05, 3.63) is 0 Å². The van der Waals surface area contributed by atoms with Crippen LogP contribution >= 0.6 is 0 Å². The first-order chi connectivity index (χ1) is 7.25. The second kappa shape index (κ2) is 6.63. The number of urea groups is 1. The SMILES string of the molecule is COCCCN(C)C(=O)N1CCNCC1. The van der Waals surface area contributed by atoms with Crippen LogP contribution in [0.2, 0.25) is 0 Å². The highest BCUT2D eigenvalue weighted by Gasteiger charge is 2.18. The molecule has 5 nitrogen and oxygen atoms in total. The number of nitrogens with one attached hydrogen (secondary N) is 1. The molecule has 15 heavy (non-hydrogen) atoms. The van der Waals surface area contributed by atoms with Crippen molar-refractivity contribution in [3.63, 3.8) is 0 Å². The predicted molar refractivity (Wildman–Crippen MR) is 59.0 cm³/mol. The molecule has 0 radical (unpaired) electrons. The van der Waals surface area contributed by atoms with Crippen LogP contribution in [0.3, 0.4) is 0 Å². The second-order valence-electron chi connectivity index (χ2n) is 3.79. The third-order valence-electron chi connectivity index (χ3n) is 2.56. The first kappa shape index (κ1) is 12.3. The Morgan fingerprint density at radius 1 is 1.47 bits per heavy atom. The molecule has 1 rings (SSSR count). The van der Waals surface area contributed by atoms with Crippen molar-refractivity contribution in [2.24, 2.45) is 0 Å². The van der Waals surface area contributed by atoms with Gasteiger partial charge in [-0.1, -0.05) is 0 Å². The Hall–Kier alpha value is -0.810. The average Bonchev–Trinajstić information content (AvgIpc) is 2.29. The summed E-state index contributed by atoms with van der Waals surface area (Å²) in [7, 11) is 3.53. The van der Waals surface area contributed by atoms with Gasteiger partial charge < -0.3 is 19.9 Å². The van der Waals surface area contributed by atoms with E-state index in [-0.39, 0.29) is 6.03 Å². The van der Waals surface area contributed by atoms with E-state index in [1.54, 1.807) is 12.0 Å². The van der Waals surface area contributed by atoms with Gasteiger partial charge in [-0.2, -0.15) is 0 Å². The van der Waals surface area contributed by atoms with E-state index >= 15 is 0 Å². The van der Waals surface area contributed by atoms with E-state index in [2.05, 4.69) is 5.32 Å². The van der Waals surface area contributed by atoms with Crippen LogP contribution in [0, 0.1) is 0 Å². The van der Waals surface area contributed by atoms with Crippen LogP contribution < -0.4 is 5.32 Å². The lowest BCUT2D eigenvalue weighted by atomic mass is 10.3. The minimum Gasteiger partial charge on any atom is -0.385 e. The van der Waals surface area contributed by atoms with Gasteiger partial charge in [0.1, 0.15) is 0 Å². The maximum absolute atomic E-state index is 11.9. The van der Waals surface area contributed by atoms with Gasteiger partial charge in [0.15, 0.2) is 0 Å².